The summed E-state index contributed by atoms with van der Waals surface area (Å²) in [7, 11) is 0. The molecule has 1 N–H and O–H groups in total. The Bertz CT molecular complexity index is 759. The predicted octanol–water partition coefficient (Wildman–Crippen LogP) is 4.31. The fourth-order valence-electron chi connectivity index (χ4n) is 3.30. The Kier molecular flexibility index (Phi) is 8.28. The molecule has 1 aliphatic heterocycles. The first-order valence-corrected chi connectivity index (χ1v) is 11.0. The van der Waals surface area contributed by atoms with E-state index in [4.69, 9.17) is 14.2 Å². The fraction of sp³-hybridized carbons (Fsp3) is 0.435. The molecule has 0 saturated heterocycles. The van der Waals surface area contributed by atoms with Crippen molar-refractivity contribution in [2.45, 2.75) is 37.8 Å². The summed E-state index contributed by atoms with van der Waals surface area (Å²) < 4.78 is 16.6. The molecule has 2 heterocycles. The first-order valence-electron chi connectivity index (χ1n) is 10.0. The quantitative estimate of drug-likeness (QED) is 0.496. The number of rotatable bonds is 13. The zero-order valence-corrected chi connectivity index (χ0v) is 17.6. The molecule has 2 aromatic rings. The zero-order chi connectivity index (χ0) is 20.4. The molecule has 2 atom stereocenters. The number of aryl methyl sites for hydroxylation is 1. The number of thiophene rings is 1. The van der Waals surface area contributed by atoms with E-state index in [1.165, 1.54) is 5.56 Å². The van der Waals surface area contributed by atoms with Crippen LogP contribution in [0.15, 0.2) is 58.2 Å². The van der Waals surface area contributed by atoms with Gasteiger partial charge in [-0.15, -0.1) is 11.3 Å². The minimum absolute atomic E-state index is 0.273. The summed E-state index contributed by atoms with van der Waals surface area (Å²) in [6.45, 7) is 4.11. The van der Waals surface area contributed by atoms with Crippen LogP contribution in [0.25, 0.3) is 0 Å². The van der Waals surface area contributed by atoms with Crippen molar-refractivity contribution in [3.63, 3.8) is 0 Å². The highest BCUT2D eigenvalue weighted by Crippen LogP contribution is 2.30. The Hall–Kier alpha value is -2.15. The number of aliphatic imine (C=N–C) groups is 1. The van der Waals surface area contributed by atoms with Gasteiger partial charge in [0.2, 0.25) is 0 Å². The Balaban J connectivity index is 1.47. The highest BCUT2D eigenvalue weighted by molar-refractivity contribution is 7.08. The van der Waals surface area contributed by atoms with E-state index in [9.17, 15) is 5.11 Å². The molecule has 0 saturated carbocycles. The molecular formula is C23H29NO4S. The molecule has 0 fully saturated rings. The lowest BCUT2D eigenvalue weighted by molar-refractivity contribution is 0.0850. The molecule has 1 aromatic heterocycles. The van der Waals surface area contributed by atoms with Gasteiger partial charge in [0.1, 0.15) is 24.7 Å². The van der Waals surface area contributed by atoms with Crippen molar-refractivity contribution >= 4 is 17.6 Å². The van der Waals surface area contributed by atoms with Gasteiger partial charge in [-0.2, -0.15) is 0 Å². The minimum Gasteiger partial charge on any atom is -0.491 e. The average molecular weight is 416 g/mol. The molecular weight excluding hydrogens is 386 g/mol. The third kappa shape index (κ3) is 6.99. The standard InChI is InChI=1S/C23H29NO4S/c1-2-26-13-14-27-21-6-4-19(5-7-21)8-11-23(10-3-12-24-23)16-20(25)17-28-22-9-15-29-18-22/h3-7,9-10,12,15,18,20,25H,2,8,11,13-14,16-17H2,1H3. The number of allylic oxidation sites excluding steroid dienone is 1. The summed E-state index contributed by atoms with van der Waals surface area (Å²) in [5.74, 6) is 1.65. The van der Waals surface area contributed by atoms with Gasteiger partial charge in [0.25, 0.3) is 0 Å². The predicted molar refractivity (Wildman–Crippen MR) is 118 cm³/mol. The van der Waals surface area contributed by atoms with Crippen LogP contribution in [-0.4, -0.2) is 49.4 Å². The Morgan fingerprint density at radius 3 is 2.66 bits per heavy atom. The van der Waals surface area contributed by atoms with Gasteiger partial charge < -0.3 is 19.3 Å². The summed E-state index contributed by atoms with van der Waals surface area (Å²) in [6, 6.07) is 10.1. The van der Waals surface area contributed by atoms with E-state index >= 15 is 0 Å². The molecule has 1 aliphatic rings. The summed E-state index contributed by atoms with van der Waals surface area (Å²) in [5, 5.41) is 14.4. The van der Waals surface area contributed by atoms with Crippen molar-refractivity contribution in [2.24, 2.45) is 4.99 Å². The Morgan fingerprint density at radius 2 is 1.97 bits per heavy atom. The van der Waals surface area contributed by atoms with Crippen LogP contribution >= 0.6 is 11.3 Å². The summed E-state index contributed by atoms with van der Waals surface area (Å²) >= 11 is 1.58. The Labute approximate surface area is 176 Å². The van der Waals surface area contributed by atoms with Crippen LogP contribution in [0.4, 0.5) is 0 Å². The summed E-state index contributed by atoms with van der Waals surface area (Å²) in [5.41, 5.74) is 0.852. The van der Waals surface area contributed by atoms with Gasteiger partial charge in [-0.3, -0.25) is 4.99 Å². The van der Waals surface area contributed by atoms with E-state index in [2.05, 4.69) is 23.2 Å². The molecule has 29 heavy (non-hydrogen) atoms. The number of hydrogen-bond acceptors (Lipinski definition) is 6. The van der Waals surface area contributed by atoms with Gasteiger partial charge in [0, 0.05) is 24.6 Å². The monoisotopic (exact) mass is 415 g/mol. The third-order valence-electron chi connectivity index (χ3n) is 4.82. The number of aliphatic hydroxyl groups excluding tert-OH is 1. The smallest absolute Gasteiger partial charge is 0.130 e. The van der Waals surface area contributed by atoms with Crippen molar-refractivity contribution in [3.05, 3.63) is 58.8 Å². The second-order valence-corrected chi connectivity index (χ2v) is 7.84. The van der Waals surface area contributed by atoms with Gasteiger partial charge in [-0.1, -0.05) is 18.2 Å². The molecule has 0 bridgehead atoms. The van der Waals surface area contributed by atoms with Crippen LogP contribution in [-0.2, 0) is 11.2 Å². The zero-order valence-electron chi connectivity index (χ0n) is 16.8. The second kappa shape index (κ2) is 11.1. The molecule has 5 nitrogen and oxygen atoms in total. The number of benzene rings is 1. The molecule has 3 rings (SSSR count). The molecule has 0 amide bonds. The van der Waals surface area contributed by atoms with E-state index in [0.29, 0.717) is 26.2 Å². The maximum absolute atomic E-state index is 10.5. The van der Waals surface area contributed by atoms with Crippen LogP contribution in [0.1, 0.15) is 25.3 Å². The second-order valence-electron chi connectivity index (χ2n) is 7.06. The largest absolute Gasteiger partial charge is 0.491 e. The van der Waals surface area contributed by atoms with Gasteiger partial charge >= 0.3 is 0 Å². The van der Waals surface area contributed by atoms with Crippen molar-refractivity contribution in [2.75, 3.05) is 26.4 Å². The number of aliphatic hydroxyl groups is 1. The van der Waals surface area contributed by atoms with Crippen LogP contribution in [0.5, 0.6) is 11.5 Å². The highest BCUT2D eigenvalue weighted by atomic mass is 32.1. The lowest BCUT2D eigenvalue weighted by atomic mass is 9.87. The van der Waals surface area contributed by atoms with Gasteiger partial charge in [-0.05, 0) is 55.0 Å². The summed E-state index contributed by atoms with van der Waals surface area (Å²) in [6.07, 6.45) is 7.55. The van der Waals surface area contributed by atoms with Gasteiger partial charge in [0.05, 0.1) is 18.2 Å². The third-order valence-corrected chi connectivity index (χ3v) is 5.48. The normalized spacial score (nSPS) is 18.8. The molecule has 2 unspecified atom stereocenters. The lowest BCUT2D eigenvalue weighted by Gasteiger charge is -2.27. The van der Waals surface area contributed by atoms with E-state index in [1.54, 1.807) is 11.3 Å². The van der Waals surface area contributed by atoms with Crippen molar-refractivity contribution < 1.29 is 19.3 Å². The maximum atomic E-state index is 10.5. The van der Waals surface area contributed by atoms with Gasteiger partial charge in [-0.25, -0.2) is 0 Å². The van der Waals surface area contributed by atoms with Crippen LogP contribution in [0.2, 0.25) is 0 Å². The van der Waals surface area contributed by atoms with Crippen molar-refractivity contribution in [1.82, 2.24) is 0 Å². The molecule has 6 heteroatoms. The first kappa shape index (κ1) is 21.6. The van der Waals surface area contributed by atoms with Crippen molar-refractivity contribution in [1.29, 1.82) is 0 Å². The molecule has 1 aromatic carbocycles. The Morgan fingerprint density at radius 1 is 1.10 bits per heavy atom. The van der Waals surface area contributed by atoms with Gasteiger partial charge in [0.15, 0.2) is 0 Å². The molecule has 156 valence electrons. The number of hydrogen-bond donors (Lipinski definition) is 1. The lowest BCUT2D eigenvalue weighted by Crippen LogP contribution is -2.32. The van der Waals surface area contributed by atoms with Crippen LogP contribution in [0.3, 0.4) is 0 Å². The molecule has 0 aliphatic carbocycles. The summed E-state index contributed by atoms with van der Waals surface area (Å²) in [4.78, 5) is 4.65. The molecule has 0 spiro atoms. The number of nitrogens with zero attached hydrogens (tertiary/aromatic N) is 1. The SMILES string of the molecule is CCOCCOc1ccc(CCC2(CC(O)COc3ccsc3)C=CC=N2)cc1. The minimum atomic E-state index is -0.573. The first-order chi connectivity index (χ1) is 14.2. The van der Waals surface area contributed by atoms with E-state index in [0.717, 1.165) is 24.3 Å². The van der Waals surface area contributed by atoms with Crippen LogP contribution < -0.4 is 9.47 Å². The fourth-order valence-corrected chi connectivity index (χ4v) is 3.87. The van der Waals surface area contributed by atoms with Crippen molar-refractivity contribution in [3.8, 4) is 11.5 Å². The molecule has 0 radical (unpaired) electrons. The average Bonchev–Trinajstić information content (AvgIpc) is 3.42. The van der Waals surface area contributed by atoms with E-state index < -0.39 is 6.10 Å². The van der Waals surface area contributed by atoms with E-state index in [-0.39, 0.29) is 12.1 Å². The maximum Gasteiger partial charge on any atom is 0.130 e. The topological polar surface area (TPSA) is 60.3 Å². The van der Waals surface area contributed by atoms with E-state index in [1.807, 2.05) is 48.2 Å². The van der Waals surface area contributed by atoms with Crippen LogP contribution in [0, 0.1) is 0 Å². The number of ether oxygens (including phenoxy) is 3. The highest BCUT2D eigenvalue weighted by Gasteiger charge is 2.30.